The molecule has 0 aromatic carbocycles. The molecule has 1 heterocycles. The zero-order chi connectivity index (χ0) is 15.3. The molecule has 2 atom stereocenters. The molecular formula is C10H19N3O5S2. The highest BCUT2D eigenvalue weighted by Crippen LogP contribution is 2.35. The van der Waals surface area contributed by atoms with E-state index in [9.17, 15) is 5.11 Å². The summed E-state index contributed by atoms with van der Waals surface area (Å²) in [7, 11) is -4.67. The van der Waals surface area contributed by atoms with Crippen molar-refractivity contribution in [2.24, 2.45) is 0 Å². The predicted molar refractivity (Wildman–Crippen MR) is 76.1 cm³/mol. The number of nitrogens with one attached hydrogen (secondary N) is 1. The van der Waals surface area contributed by atoms with Gasteiger partial charge in [-0.25, -0.2) is 4.98 Å². The fourth-order valence-corrected chi connectivity index (χ4v) is 2.90. The molecule has 1 aromatic rings. The number of nitrogens with zero attached hydrogens (tertiary/aromatic N) is 1. The maximum absolute atomic E-state index is 10.1. The maximum atomic E-state index is 10.1. The van der Waals surface area contributed by atoms with Gasteiger partial charge in [-0.1, -0.05) is 18.3 Å². The van der Waals surface area contributed by atoms with Crippen molar-refractivity contribution in [2.45, 2.75) is 38.3 Å². The molecule has 0 amide bonds. The Balaban J connectivity index is 0.000000347. The average Bonchev–Trinajstić information content (AvgIpc) is 2.68. The molecule has 0 radical (unpaired) electrons. The van der Waals surface area contributed by atoms with Crippen LogP contribution in [-0.4, -0.2) is 40.2 Å². The molecule has 1 aliphatic carbocycles. The Morgan fingerprint density at radius 3 is 2.65 bits per heavy atom. The topological polar surface area (TPSA) is 146 Å². The van der Waals surface area contributed by atoms with E-state index in [4.69, 9.17) is 23.3 Å². The zero-order valence-corrected chi connectivity index (χ0v) is 12.6. The highest BCUT2D eigenvalue weighted by Gasteiger charge is 2.30. The Morgan fingerprint density at radius 2 is 2.10 bits per heavy atom. The number of aliphatic hydroxyl groups is 1. The van der Waals surface area contributed by atoms with Crippen molar-refractivity contribution in [3.8, 4) is 0 Å². The first-order valence-corrected chi connectivity index (χ1v) is 8.30. The number of anilines is 1. The van der Waals surface area contributed by atoms with Gasteiger partial charge in [0.05, 0.1) is 10.6 Å². The third kappa shape index (κ3) is 5.69. The highest BCUT2D eigenvalue weighted by molar-refractivity contribution is 7.79. The van der Waals surface area contributed by atoms with Gasteiger partial charge in [0.15, 0.2) is 5.13 Å². The molecule has 10 heteroatoms. The van der Waals surface area contributed by atoms with Crippen LogP contribution in [0, 0.1) is 0 Å². The van der Waals surface area contributed by atoms with Crippen molar-refractivity contribution in [1.82, 2.24) is 10.3 Å². The standard InChI is InChI=1S/C10H17N3OS.H2O4S/c1-2-5-12-6-3-4-7-9(8(6)14)15-10(11)13-7;1-5(2,3)4/h6,8,12,14H,2-5H2,1H3,(H2,11,13);(H2,1,2,3,4)/t6-,8-;/m0./s1. The van der Waals surface area contributed by atoms with E-state index < -0.39 is 16.5 Å². The van der Waals surface area contributed by atoms with Crippen LogP contribution in [0.1, 0.15) is 36.4 Å². The molecule has 8 nitrogen and oxygen atoms in total. The Hall–Kier alpha value is -0.780. The van der Waals surface area contributed by atoms with Crippen LogP contribution in [0.3, 0.4) is 0 Å². The van der Waals surface area contributed by atoms with Crippen molar-refractivity contribution < 1.29 is 22.6 Å². The summed E-state index contributed by atoms with van der Waals surface area (Å²) in [5.74, 6) is 0. The molecule has 2 rings (SSSR count). The summed E-state index contributed by atoms with van der Waals surface area (Å²) in [5.41, 5.74) is 6.63. The van der Waals surface area contributed by atoms with Crippen LogP contribution in [0.2, 0.25) is 0 Å². The smallest absolute Gasteiger partial charge is 0.386 e. The minimum absolute atomic E-state index is 0.164. The maximum Gasteiger partial charge on any atom is 0.394 e. The number of nitrogen functional groups attached to an aromatic ring is 1. The molecule has 0 saturated carbocycles. The number of hydrogen-bond donors (Lipinski definition) is 5. The number of fused-ring (bicyclic) bond motifs is 1. The Kier molecular flexibility index (Phi) is 6.30. The number of aromatic nitrogens is 1. The van der Waals surface area contributed by atoms with E-state index in [0.29, 0.717) is 5.13 Å². The summed E-state index contributed by atoms with van der Waals surface area (Å²) in [6.45, 7) is 3.07. The lowest BCUT2D eigenvalue weighted by molar-refractivity contribution is 0.118. The predicted octanol–water partition coefficient (Wildman–Crippen LogP) is 0.420. The van der Waals surface area contributed by atoms with Crippen LogP contribution < -0.4 is 11.1 Å². The van der Waals surface area contributed by atoms with E-state index in [-0.39, 0.29) is 6.04 Å². The Morgan fingerprint density at radius 1 is 1.50 bits per heavy atom. The molecule has 0 aliphatic heterocycles. The molecular weight excluding hydrogens is 306 g/mol. The SMILES string of the molecule is CCCN[C@H]1CCc2nc(N)sc2[C@H]1O.O=S(=O)(O)O. The molecule has 0 bridgehead atoms. The van der Waals surface area contributed by atoms with Crippen LogP contribution in [0.4, 0.5) is 5.13 Å². The van der Waals surface area contributed by atoms with Crippen molar-refractivity contribution in [3.05, 3.63) is 10.6 Å². The first kappa shape index (κ1) is 17.3. The summed E-state index contributed by atoms with van der Waals surface area (Å²) in [6.07, 6.45) is 2.51. The fourth-order valence-electron chi connectivity index (χ4n) is 1.97. The van der Waals surface area contributed by atoms with E-state index in [1.165, 1.54) is 11.3 Å². The molecule has 1 aromatic heterocycles. The number of nitrogens with two attached hydrogens (primary N) is 1. The second-order valence-corrected chi connectivity index (χ2v) is 6.31. The van der Waals surface area contributed by atoms with E-state index in [0.717, 1.165) is 36.4 Å². The second kappa shape index (κ2) is 7.29. The minimum atomic E-state index is -4.67. The number of rotatable bonds is 3. The first-order valence-electron chi connectivity index (χ1n) is 6.08. The molecule has 6 N–H and O–H groups in total. The molecule has 0 saturated heterocycles. The van der Waals surface area contributed by atoms with E-state index in [2.05, 4.69) is 17.2 Å². The van der Waals surface area contributed by atoms with Gasteiger partial charge < -0.3 is 16.2 Å². The fraction of sp³-hybridized carbons (Fsp3) is 0.700. The molecule has 116 valence electrons. The van der Waals surface area contributed by atoms with Gasteiger partial charge in [0, 0.05) is 6.04 Å². The molecule has 0 spiro atoms. The Bertz CT molecular complexity index is 523. The lowest BCUT2D eigenvalue weighted by Crippen LogP contribution is -2.38. The number of thiazole rings is 1. The van der Waals surface area contributed by atoms with Crippen molar-refractivity contribution >= 4 is 26.9 Å². The number of aryl methyl sites for hydroxylation is 1. The van der Waals surface area contributed by atoms with Gasteiger partial charge in [0.25, 0.3) is 0 Å². The highest BCUT2D eigenvalue weighted by atomic mass is 32.3. The summed E-state index contributed by atoms with van der Waals surface area (Å²) in [4.78, 5) is 5.18. The van der Waals surface area contributed by atoms with Gasteiger partial charge in [-0.15, -0.1) is 0 Å². The van der Waals surface area contributed by atoms with E-state index >= 15 is 0 Å². The largest absolute Gasteiger partial charge is 0.394 e. The molecule has 1 aliphatic rings. The van der Waals surface area contributed by atoms with E-state index in [1.54, 1.807) is 0 Å². The van der Waals surface area contributed by atoms with Gasteiger partial charge in [-0.2, -0.15) is 8.42 Å². The number of aliphatic hydroxyl groups excluding tert-OH is 1. The third-order valence-corrected chi connectivity index (χ3v) is 3.74. The normalized spacial score (nSPS) is 21.8. The minimum Gasteiger partial charge on any atom is -0.386 e. The summed E-state index contributed by atoms with van der Waals surface area (Å²) in [6, 6.07) is 0.164. The van der Waals surface area contributed by atoms with Gasteiger partial charge in [-0.05, 0) is 25.8 Å². The number of hydrogen-bond acceptors (Lipinski definition) is 7. The molecule has 20 heavy (non-hydrogen) atoms. The lowest BCUT2D eigenvalue weighted by Gasteiger charge is -2.27. The lowest BCUT2D eigenvalue weighted by atomic mass is 9.95. The van der Waals surface area contributed by atoms with Crippen molar-refractivity contribution in [2.75, 3.05) is 12.3 Å². The second-order valence-electron chi connectivity index (χ2n) is 4.36. The van der Waals surface area contributed by atoms with Crippen LogP contribution in [0.5, 0.6) is 0 Å². The van der Waals surface area contributed by atoms with Gasteiger partial charge >= 0.3 is 10.4 Å². The monoisotopic (exact) mass is 325 g/mol. The molecule has 0 unspecified atom stereocenters. The quantitative estimate of drug-likeness (QED) is 0.503. The summed E-state index contributed by atoms with van der Waals surface area (Å²) in [5, 5.41) is 14.0. The van der Waals surface area contributed by atoms with E-state index in [1.807, 2.05) is 0 Å². The van der Waals surface area contributed by atoms with Crippen molar-refractivity contribution in [1.29, 1.82) is 0 Å². The van der Waals surface area contributed by atoms with Crippen LogP contribution in [-0.2, 0) is 16.8 Å². The zero-order valence-electron chi connectivity index (χ0n) is 11.0. The van der Waals surface area contributed by atoms with Crippen molar-refractivity contribution in [3.63, 3.8) is 0 Å². The van der Waals surface area contributed by atoms with Crippen LogP contribution in [0.15, 0.2) is 0 Å². The molecule has 0 fully saturated rings. The van der Waals surface area contributed by atoms with Gasteiger partial charge in [-0.3, -0.25) is 9.11 Å². The summed E-state index contributed by atoms with van der Waals surface area (Å²) >= 11 is 1.41. The van der Waals surface area contributed by atoms with Gasteiger partial charge in [0.1, 0.15) is 6.10 Å². The summed E-state index contributed by atoms with van der Waals surface area (Å²) < 4.78 is 31.6. The Labute approximate surface area is 121 Å². The van der Waals surface area contributed by atoms with Crippen LogP contribution in [0.25, 0.3) is 0 Å². The average molecular weight is 325 g/mol. The first-order chi connectivity index (χ1) is 9.22. The third-order valence-electron chi connectivity index (χ3n) is 2.74. The van der Waals surface area contributed by atoms with Crippen LogP contribution >= 0.6 is 11.3 Å². The van der Waals surface area contributed by atoms with Gasteiger partial charge in [0.2, 0.25) is 0 Å².